The molecule has 30 heavy (non-hydrogen) atoms. The average molecular weight is 426 g/mol. The summed E-state index contributed by atoms with van der Waals surface area (Å²) in [6.45, 7) is 3.80. The molecule has 1 aromatic heterocycles. The van der Waals surface area contributed by atoms with E-state index in [-0.39, 0.29) is 16.7 Å². The van der Waals surface area contributed by atoms with Gasteiger partial charge in [0.2, 0.25) is 27.6 Å². The molecule has 8 nitrogen and oxygen atoms in total. The van der Waals surface area contributed by atoms with Crippen molar-refractivity contribution in [3.63, 3.8) is 0 Å². The highest BCUT2D eigenvalue weighted by Gasteiger charge is 2.26. The van der Waals surface area contributed by atoms with Crippen LogP contribution in [0.15, 0.2) is 57.9 Å². The number of amides is 1. The number of fused-ring (bicyclic) bond motifs is 1. The second kappa shape index (κ2) is 8.00. The zero-order valence-electron chi connectivity index (χ0n) is 16.7. The van der Waals surface area contributed by atoms with Gasteiger partial charge in [-0.1, -0.05) is 35.5 Å². The van der Waals surface area contributed by atoms with E-state index in [9.17, 15) is 13.2 Å². The van der Waals surface area contributed by atoms with Crippen molar-refractivity contribution in [2.24, 2.45) is 0 Å². The van der Waals surface area contributed by atoms with E-state index in [4.69, 9.17) is 4.52 Å². The third-order valence-electron chi connectivity index (χ3n) is 5.04. The van der Waals surface area contributed by atoms with Crippen LogP contribution in [0.1, 0.15) is 37.8 Å². The van der Waals surface area contributed by atoms with Crippen LogP contribution in [0.25, 0.3) is 11.4 Å². The molecule has 2 heterocycles. The van der Waals surface area contributed by atoms with Gasteiger partial charge in [0.15, 0.2) is 0 Å². The van der Waals surface area contributed by atoms with Crippen molar-refractivity contribution in [2.75, 3.05) is 11.4 Å². The van der Waals surface area contributed by atoms with E-state index in [1.54, 1.807) is 24.0 Å². The first-order chi connectivity index (χ1) is 14.3. The fourth-order valence-corrected chi connectivity index (χ4v) is 4.78. The third-order valence-corrected chi connectivity index (χ3v) is 6.57. The number of sulfonamides is 1. The molecule has 0 saturated heterocycles. The number of benzene rings is 2. The van der Waals surface area contributed by atoms with Crippen LogP contribution in [-0.4, -0.2) is 31.0 Å². The SMILES string of the molecule is CC(=O)N1CCCc2cc(S(=O)(=O)NC(C)c3nc(-c4ccccc4)no3)ccc21. The zero-order valence-corrected chi connectivity index (χ0v) is 17.5. The summed E-state index contributed by atoms with van der Waals surface area (Å²) in [6, 6.07) is 13.4. The molecule has 0 spiro atoms. The Morgan fingerprint density at radius 1 is 1.20 bits per heavy atom. The standard InChI is InChI=1S/C21H22N4O4S/c1-14(21-22-20(23-29-21)16-7-4-3-5-8-16)24-30(27,28)18-10-11-19-17(13-18)9-6-12-25(19)15(2)26/h3-5,7-8,10-11,13-14,24H,6,9,12H2,1-2H3. The Morgan fingerprint density at radius 3 is 2.70 bits per heavy atom. The van der Waals surface area contributed by atoms with Crippen LogP contribution in [0.2, 0.25) is 0 Å². The molecule has 1 aliphatic heterocycles. The Kier molecular flexibility index (Phi) is 5.40. The molecular weight excluding hydrogens is 404 g/mol. The summed E-state index contributed by atoms with van der Waals surface area (Å²) in [4.78, 5) is 17.9. The summed E-state index contributed by atoms with van der Waals surface area (Å²) in [5.41, 5.74) is 2.40. The minimum Gasteiger partial charge on any atom is -0.337 e. The lowest BCUT2D eigenvalue weighted by Crippen LogP contribution is -2.34. The topological polar surface area (TPSA) is 105 Å². The van der Waals surface area contributed by atoms with Gasteiger partial charge in [-0.3, -0.25) is 4.79 Å². The summed E-state index contributed by atoms with van der Waals surface area (Å²) in [5.74, 6) is 0.525. The van der Waals surface area contributed by atoms with Crippen molar-refractivity contribution < 1.29 is 17.7 Å². The van der Waals surface area contributed by atoms with Crippen LogP contribution < -0.4 is 9.62 Å². The van der Waals surface area contributed by atoms with Crippen LogP contribution in [0, 0.1) is 0 Å². The van der Waals surface area contributed by atoms with Gasteiger partial charge in [0.05, 0.1) is 10.9 Å². The van der Waals surface area contributed by atoms with Gasteiger partial charge in [0, 0.05) is 24.7 Å². The van der Waals surface area contributed by atoms with Gasteiger partial charge < -0.3 is 9.42 Å². The predicted molar refractivity (Wildman–Crippen MR) is 111 cm³/mol. The van der Waals surface area contributed by atoms with Crippen LogP contribution in [0.3, 0.4) is 0 Å². The van der Waals surface area contributed by atoms with Crippen LogP contribution in [-0.2, 0) is 21.2 Å². The number of hydrogen-bond donors (Lipinski definition) is 1. The molecule has 0 radical (unpaired) electrons. The van der Waals surface area contributed by atoms with Gasteiger partial charge in [-0.05, 0) is 43.5 Å². The van der Waals surface area contributed by atoms with Crippen LogP contribution >= 0.6 is 0 Å². The van der Waals surface area contributed by atoms with Gasteiger partial charge in [-0.15, -0.1) is 0 Å². The molecule has 0 saturated carbocycles. The molecular formula is C21H22N4O4S. The molecule has 0 aliphatic carbocycles. The maximum Gasteiger partial charge on any atom is 0.244 e. The van der Waals surface area contributed by atoms with E-state index in [0.717, 1.165) is 29.7 Å². The van der Waals surface area contributed by atoms with E-state index in [1.165, 1.54) is 13.0 Å². The molecule has 3 aromatic rings. The second-order valence-corrected chi connectivity index (χ2v) is 8.94. The van der Waals surface area contributed by atoms with Crippen molar-refractivity contribution >= 4 is 21.6 Å². The lowest BCUT2D eigenvalue weighted by Gasteiger charge is -2.29. The van der Waals surface area contributed by atoms with E-state index in [0.29, 0.717) is 12.4 Å². The maximum atomic E-state index is 12.9. The molecule has 1 N–H and O–H groups in total. The molecule has 4 rings (SSSR count). The van der Waals surface area contributed by atoms with Crippen molar-refractivity contribution in [1.82, 2.24) is 14.9 Å². The quantitative estimate of drug-likeness (QED) is 0.672. The Morgan fingerprint density at radius 2 is 1.97 bits per heavy atom. The summed E-state index contributed by atoms with van der Waals surface area (Å²) < 4.78 is 33.7. The van der Waals surface area contributed by atoms with Gasteiger partial charge >= 0.3 is 0 Å². The van der Waals surface area contributed by atoms with Gasteiger partial charge in [-0.2, -0.15) is 9.71 Å². The van der Waals surface area contributed by atoms with Crippen molar-refractivity contribution in [3.8, 4) is 11.4 Å². The minimum absolute atomic E-state index is 0.0519. The Balaban J connectivity index is 1.55. The minimum atomic E-state index is -3.82. The highest BCUT2D eigenvalue weighted by atomic mass is 32.2. The van der Waals surface area contributed by atoms with E-state index < -0.39 is 16.1 Å². The molecule has 2 aromatic carbocycles. The highest BCUT2D eigenvalue weighted by Crippen LogP contribution is 2.30. The average Bonchev–Trinajstić information content (AvgIpc) is 3.23. The number of anilines is 1. The number of rotatable bonds is 5. The first-order valence-corrected chi connectivity index (χ1v) is 11.2. The lowest BCUT2D eigenvalue weighted by atomic mass is 10.0. The van der Waals surface area contributed by atoms with Crippen LogP contribution in [0.5, 0.6) is 0 Å². The first kappa shape index (κ1) is 20.2. The smallest absolute Gasteiger partial charge is 0.244 e. The molecule has 1 atom stereocenters. The first-order valence-electron chi connectivity index (χ1n) is 9.67. The van der Waals surface area contributed by atoms with Gasteiger partial charge in [0.1, 0.15) is 0 Å². The second-order valence-electron chi connectivity index (χ2n) is 7.23. The number of hydrogen-bond acceptors (Lipinski definition) is 6. The number of carbonyl (C=O) groups excluding carboxylic acids is 1. The highest BCUT2D eigenvalue weighted by molar-refractivity contribution is 7.89. The zero-order chi connectivity index (χ0) is 21.3. The van der Waals surface area contributed by atoms with Gasteiger partial charge in [0.25, 0.3) is 0 Å². The fourth-order valence-electron chi connectivity index (χ4n) is 3.53. The number of nitrogens with one attached hydrogen (secondary N) is 1. The Bertz CT molecular complexity index is 1170. The Labute approximate surface area is 175 Å². The molecule has 1 aliphatic rings. The summed E-state index contributed by atoms with van der Waals surface area (Å²) in [6.07, 6.45) is 1.52. The lowest BCUT2D eigenvalue weighted by molar-refractivity contribution is -0.116. The monoisotopic (exact) mass is 426 g/mol. The molecule has 0 bridgehead atoms. The number of aryl methyl sites for hydroxylation is 1. The van der Waals surface area contributed by atoms with E-state index in [1.807, 2.05) is 30.3 Å². The molecule has 1 amide bonds. The van der Waals surface area contributed by atoms with Crippen LogP contribution in [0.4, 0.5) is 5.69 Å². The number of nitrogens with zero attached hydrogens (tertiary/aromatic N) is 3. The van der Waals surface area contributed by atoms with E-state index >= 15 is 0 Å². The van der Waals surface area contributed by atoms with Crippen molar-refractivity contribution in [2.45, 2.75) is 37.6 Å². The summed E-state index contributed by atoms with van der Waals surface area (Å²) in [7, 11) is -3.82. The van der Waals surface area contributed by atoms with E-state index in [2.05, 4.69) is 14.9 Å². The number of carbonyl (C=O) groups is 1. The largest absolute Gasteiger partial charge is 0.337 e. The summed E-state index contributed by atoms with van der Waals surface area (Å²) in [5, 5.41) is 3.93. The Hall–Kier alpha value is -3.04. The summed E-state index contributed by atoms with van der Waals surface area (Å²) >= 11 is 0. The molecule has 0 fully saturated rings. The van der Waals surface area contributed by atoms with Gasteiger partial charge in [-0.25, -0.2) is 8.42 Å². The van der Waals surface area contributed by atoms with Crippen molar-refractivity contribution in [1.29, 1.82) is 0 Å². The predicted octanol–water partition coefficient (Wildman–Crippen LogP) is 3.08. The van der Waals surface area contributed by atoms with Crippen molar-refractivity contribution in [3.05, 3.63) is 60.0 Å². The third kappa shape index (κ3) is 3.99. The normalized spacial score (nSPS) is 14.9. The molecule has 9 heteroatoms. The number of aromatic nitrogens is 2. The fraction of sp³-hybridized carbons (Fsp3) is 0.286. The molecule has 1 unspecified atom stereocenters. The maximum absolute atomic E-state index is 12.9. The molecule has 156 valence electrons.